The minimum absolute atomic E-state index is 0.133. The molecule has 4 nitrogen and oxygen atoms in total. The molecule has 0 spiro atoms. The summed E-state index contributed by atoms with van der Waals surface area (Å²) in [6.45, 7) is 3.49. The Kier molecular flexibility index (Phi) is 2.32. The van der Waals surface area contributed by atoms with Crippen LogP contribution in [0.3, 0.4) is 0 Å². The summed E-state index contributed by atoms with van der Waals surface area (Å²) in [4.78, 5) is 0. The van der Waals surface area contributed by atoms with Crippen molar-refractivity contribution in [2.24, 2.45) is 0 Å². The summed E-state index contributed by atoms with van der Waals surface area (Å²) in [5.74, 6) is -0.266. The molecule has 0 saturated heterocycles. The molecule has 0 aromatic heterocycles. The van der Waals surface area contributed by atoms with Gasteiger partial charge in [-0.2, -0.15) is 0 Å². The molecule has 6 N–H and O–H groups in total. The fourth-order valence-electron chi connectivity index (χ4n) is 1.10. The number of anilines is 2. The molecule has 1 rings (SSSR count). The Morgan fingerprint density at radius 3 is 2.08 bits per heavy atom. The average molecular weight is 180 g/mol. The third-order valence-corrected chi connectivity index (χ3v) is 1.78. The zero-order chi connectivity index (χ0) is 10.0. The van der Waals surface area contributed by atoms with Gasteiger partial charge >= 0.3 is 0 Å². The van der Waals surface area contributed by atoms with E-state index in [-0.39, 0.29) is 22.9 Å². The zero-order valence-electron chi connectivity index (χ0n) is 7.12. The molecule has 1 aromatic carbocycles. The molecule has 0 amide bonds. The number of rotatable bonds is 2. The van der Waals surface area contributed by atoms with E-state index < -0.39 is 0 Å². The van der Waals surface area contributed by atoms with Gasteiger partial charge in [-0.3, -0.25) is 0 Å². The second kappa shape index (κ2) is 3.26. The van der Waals surface area contributed by atoms with Gasteiger partial charge in [0.25, 0.3) is 0 Å². The van der Waals surface area contributed by atoms with Crippen molar-refractivity contribution in [3.8, 4) is 11.5 Å². The van der Waals surface area contributed by atoms with E-state index in [2.05, 4.69) is 6.58 Å². The second-order valence-electron chi connectivity index (χ2n) is 2.72. The minimum Gasteiger partial charge on any atom is -0.505 e. The van der Waals surface area contributed by atoms with E-state index >= 15 is 0 Å². The van der Waals surface area contributed by atoms with Crippen molar-refractivity contribution in [2.45, 2.75) is 6.42 Å². The highest BCUT2D eigenvalue weighted by molar-refractivity contribution is 5.71. The zero-order valence-corrected chi connectivity index (χ0v) is 7.12. The highest BCUT2D eigenvalue weighted by Gasteiger charge is 2.12. The number of hydrogen-bond donors (Lipinski definition) is 4. The Balaban J connectivity index is 3.36. The Bertz CT molecular complexity index is 322. The average Bonchev–Trinajstić information content (AvgIpc) is 2.09. The normalized spacial score (nSPS) is 9.85. The standard InChI is InChI=1S/C9H12N2O2/c1-2-3-5-8(12)6(10)4-7(11)9(5)13/h2,4,12-13H,1,3,10-11H2. The maximum atomic E-state index is 9.45. The molecule has 13 heavy (non-hydrogen) atoms. The topological polar surface area (TPSA) is 92.5 Å². The Hall–Kier alpha value is -1.84. The van der Waals surface area contributed by atoms with Gasteiger partial charge in [-0.1, -0.05) is 6.08 Å². The van der Waals surface area contributed by atoms with Gasteiger partial charge in [0.15, 0.2) is 0 Å². The van der Waals surface area contributed by atoms with Crippen LogP contribution in [0.2, 0.25) is 0 Å². The quantitative estimate of drug-likeness (QED) is 0.236. The van der Waals surface area contributed by atoms with Crippen LogP contribution in [0.1, 0.15) is 5.56 Å². The largest absolute Gasteiger partial charge is 0.505 e. The van der Waals surface area contributed by atoms with Crippen LogP contribution < -0.4 is 11.5 Å². The van der Waals surface area contributed by atoms with Crippen LogP contribution in [0.5, 0.6) is 11.5 Å². The van der Waals surface area contributed by atoms with Crippen molar-refractivity contribution in [3.05, 3.63) is 24.3 Å². The van der Waals surface area contributed by atoms with E-state index in [1.807, 2.05) is 0 Å². The van der Waals surface area contributed by atoms with Gasteiger partial charge in [0, 0.05) is 5.56 Å². The molecule has 4 heteroatoms. The number of benzene rings is 1. The summed E-state index contributed by atoms with van der Waals surface area (Å²) in [7, 11) is 0. The summed E-state index contributed by atoms with van der Waals surface area (Å²) in [6, 6.07) is 1.32. The molecule has 0 radical (unpaired) electrons. The number of nitrogen functional groups attached to an aromatic ring is 2. The molecule has 0 aliphatic heterocycles. The van der Waals surface area contributed by atoms with E-state index in [1.54, 1.807) is 6.08 Å². The van der Waals surface area contributed by atoms with Crippen LogP contribution in [-0.4, -0.2) is 10.2 Å². The van der Waals surface area contributed by atoms with Crippen molar-refractivity contribution >= 4 is 11.4 Å². The molecular formula is C9H12N2O2. The maximum absolute atomic E-state index is 9.45. The minimum atomic E-state index is -0.133. The summed E-state index contributed by atoms with van der Waals surface area (Å²) in [6.07, 6.45) is 1.88. The van der Waals surface area contributed by atoms with Crippen LogP contribution in [-0.2, 0) is 6.42 Å². The summed E-state index contributed by atoms with van der Waals surface area (Å²) >= 11 is 0. The highest BCUT2D eigenvalue weighted by Crippen LogP contribution is 2.37. The number of allylic oxidation sites excluding steroid dienone is 1. The van der Waals surface area contributed by atoms with Gasteiger partial charge in [-0.05, 0) is 12.5 Å². The van der Waals surface area contributed by atoms with Gasteiger partial charge in [0.05, 0.1) is 11.4 Å². The van der Waals surface area contributed by atoms with Crippen LogP contribution in [0.4, 0.5) is 11.4 Å². The summed E-state index contributed by atoms with van der Waals surface area (Å²) in [5, 5.41) is 18.9. The second-order valence-corrected chi connectivity index (χ2v) is 2.72. The lowest BCUT2D eigenvalue weighted by Crippen LogP contribution is -1.96. The first-order valence-corrected chi connectivity index (χ1v) is 3.77. The monoisotopic (exact) mass is 180 g/mol. The SMILES string of the molecule is C=CCc1c(O)c(N)cc(N)c1O. The molecule has 1 aromatic rings. The van der Waals surface area contributed by atoms with Crippen molar-refractivity contribution in [1.29, 1.82) is 0 Å². The molecule has 0 aliphatic carbocycles. The third-order valence-electron chi connectivity index (χ3n) is 1.78. The van der Waals surface area contributed by atoms with Crippen molar-refractivity contribution in [3.63, 3.8) is 0 Å². The van der Waals surface area contributed by atoms with E-state index in [9.17, 15) is 10.2 Å². The van der Waals surface area contributed by atoms with Crippen LogP contribution in [0, 0.1) is 0 Å². The van der Waals surface area contributed by atoms with Crippen LogP contribution in [0.25, 0.3) is 0 Å². The first-order valence-electron chi connectivity index (χ1n) is 3.77. The molecule has 0 fully saturated rings. The first-order chi connectivity index (χ1) is 6.07. The molecule has 0 bridgehead atoms. The lowest BCUT2D eigenvalue weighted by Gasteiger charge is -2.09. The predicted molar refractivity (Wildman–Crippen MR) is 52.5 cm³/mol. The van der Waals surface area contributed by atoms with E-state index in [4.69, 9.17) is 11.5 Å². The summed E-state index contributed by atoms with van der Waals surface area (Å²) < 4.78 is 0. The van der Waals surface area contributed by atoms with Crippen molar-refractivity contribution in [2.75, 3.05) is 11.5 Å². The van der Waals surface area contributed by atoms with Gasteiger partial charge in [-0.15, -0.1) is 6.58 Å². The number of nitrogens with two attached hydrogens (primary N) is 2. The molecule has 0 unspecified atom stereocenters. The summed E-state index contributed by atoms with van der Waals surface area (Å²) in [5.41, 5.74) is 11.5. The maximum Gasteiger partial charge on any atom is 0.145 e. The number of phenols is 2. The molecule has 0 aliphatic rings. The lowest BCUT2D eigenvalue weighted by atomic mass is 10.1. The Labute approximate surface area is 76.1 Å². The highest BCUT2D eigenvalue weighted by atomic mass is 16.3. The Morgan fingerprint density at radius 1 is 1.23 bits per heavy atom. The fourth-order valence-corrected chi connectivity index (χ4v) is 1.10. The van der Waals surface area contributed by atoms with Gasteiger partial charge < -0.3 is 21.7 Å². The fraction of sp³-hybridized carbons (Fsp3) is 0.111. The Morgan fingerprint density at radius 2 is 1.69 bits per heavy atom. The van der Waals surface area contributed by atoms with Crippen molar-refractivity contribution in [1.82, 2.24) is 0 Å². The third kappa shape index (κ3) is 1.51. The molecule has 70 valence electrons. The molecular weight excluding hydrogens is 168 g/mol. The van der Waals surface area contributed by atoms with Crippen LogP contribution >= 0.6 is 0 Å². The van der Waals surface area contributed by atoms with E-state index in [0.717, 1.165) is 0 Å². The predicted octanol–water partition coefficient (Wildman–Crippen LogP) is 0.991. The molecule has 0 saturated carbocycles. The first kappa shape index (κ1) is 9.25. The van der Waals surface area contributed by atoms with E-state index in [0.29, 0.717) is 12.0 Å². The smallest absolute Gasteiger partial charge is 0.145 e. The van der Waals surface area contributed by atoms with Gasteiger partial charge in [0.1, 0.15) is 11.5 Å². The van der Waals surface area contributed by atoms with Gasteiger partial charge in [0.2, 0.25) is 0 Å². The van der Waals surface area contributed by atoms with Crippen molar-refractivity contribution < 1.29 is 10.2 Å². The number of aromatic hydroxyl groups is 2. The van der Waals surface area contributed by atoms with E-state index in [1.165, 1.54) is 6.07 Å². The number of hydrogen-bond acceptors (Lipinski definition) is 4. The molecule has 0 atom stereocenters. The van der Waals surface area contributed by atoms with Crippen LogP contribution in [0.15, 0.2) is 18.7 Å². The van der Waals surface area contributed by atoms with Gasteiger partial charge in [-0.25, -0.2) is 0 Å². The molecule has 0 heterocycles. The number of phenolic OH excluding ortho intramolecular Hbond substituents is 2. The lowest BCUT2D eigenvalue weighted by molar-refractivity contribution is 0.444.